The fourth-order valence-corrected chi connectivity index (χ4v) is 3.33. The molecular formula is C16H16F2N4O3. The number of alkyl halides is 2. The Morgan fingerprint density at radius 3 is 2.88 bits per heavy atom. The van der Waals surface area contributed by atoms with Crippen molar-refractivity contribution in [2.75, 3.05) is 13.1 Å². The van der Waals surface area contributed by atoms with Gasteiger partial charge in [-0.2, -0.15) is 8.78 Å². The molecule has 2 aliphatic rings. The Morgan fingerprint density at radius 1 is 1.32 bits per heavy atom. The molecule has 1 fully saturated rings. The van der Waals surface area contributed by atoms with Crippen LogP contribution in [-0.2, 0) is 11.3 Å². The summed E-state index contributed by atoms with van der Waals surface area (Å²) in [5, 5.41) is 8.02. The largest absolute Gasteiger partial charge is 0.435 e. The van der Waals surface area contributed by atoms with Crippen molar-refractivity contribution in [3.8, 4) is 5.75 Å². The summed E-state index contributed by atoms with van der Waals surface area (Å²) in [6.45, 7) is -1.43. The molecular weight excluding hydrogens is 334 g/mol. The lowest BCUT2D eigenvalue weighted by atomic mass is 9.99. The molecule has 3 heterocycles. The van der Waals surface area contributed by atoms with Crippen molar-refractivity contribution < 1.29 is 23.0 Å². The van der Waals surface area contributed by atoms with Gasteiger partial charge < -0.3 is 14.4 Å². The highest BCUT2D eigenvalue weighted by molar-refractivity contribution is 5.94. The Kier molecular flexibility index (Phi) is 4.08. The maximum atomic E-state index is 12.6. The van der Waals surface area contributed by atoms with Gasteiger partial charge in [0, 0.05) is 18.7 Å². The van der Waals surface area contributed by atoms with Crippen LogP contribution in [-0.4, -0.2) is 51.6 Å². The number of nitrogens with zero attached hydrogens (tertiary/aromatic N) is 4. The van der Waals surface area contributed by atoms with Gasteiger partial charge in [-0.3, -0.25) is 4.79 Å². The molecule has 0 unspecified atom stereocenters. The maximum Gasteiger partial charge on any atom is 0.387 e. The van der Waals surface area contributed by atoms with E-state index in [2.05, 4.69) is 15.0 Å². The summed E-state index contributed by atoms with van der Waals surface area (Å²) in [7, 11) is 0. The van der Waals surface area contributed by atoms with Crippen molar-refractivity contribution in [3.63, 3.8) is 0 Å². The van der Waals surface area contributed by atoms with Gasteiger partial charge in [0.2, 0.25) is 0 Å². The van der Waals surface area contributed by atoms with Gasteiger partial charge in [-0.25, -0.2) is 4.68 Å². The molecule has 0 aliphatic carbocycles. The molecule has 7 nitrogen and oxygen atoms in total. The van der Waals surface area contributed by atoms with Gasteiger partial charge >= 0.3 is 6.61 Å². The number of rotatable bonds is 3. The minimum absolute atomic E-state index is 0.0274. The number of carbonyl (C=O) groups excluding carboxylic acids is 1. The van der Waals surface area contributed by atoms with Crippen molar-refractivity contribution in [3.05, 3.63) is 41.7 Å². The molecule has 9 heteroatoms. The second-order valence-corrected chi connectivity index (χ2v) is 6.03. The number of aromatic nitrogens is 3. The van der Waals surface area contributed by atoms with Crippen molar-refractivity contribution in [2.45, 2.75) is 31.8 Å². The number of piperidine rings is 1. The van der Waals surface area contributed by atoms with E-state index < -0.39 is 6.61 Å². The van der Waals surface area contributed by atoms with Gasteiger partial charge in [0.15, 0.2) is 0 Å². The summed E-state index contributed by atoms with van der Waals surface area (Å²) in [5.41, 5.74) is 1.37. The third-order valence-electron chi connectivity index (χ3n) is 4.55. The number of ether oxygens (including phenoxy) is 2. The van der Waals surface area contributed by atoms with Gasteiger partial charge in [-0.1, -0.05) is 5.21 Å². The third-order valence-corrected chi connectivity index (χ3v) is 4.55. The van der Waals surface area contributed by atoms with Crippen molar-refractivity contribution >= 4 is 5.91 Å². The monoisotopic (exact) mass is 350 g/mol. The quantitative estimate of drug-likeness (QED) is 0.845. The summed E-state index contributed by atoms with van der Waals surface area (Å²) in [6.07, 6.45) is 2.28. The summed E-state index contributed by atoms with van der Waals surface area (Å²) in [6, 6.07) is 5.79. The third kappa shape index (κ3) is 3.07. The van der Waals surface area contributed by atoms with Crippen LogP contribution in [0.5, 0.6) is 5.75 Å². The van der Waals surface area contributed by atoms with E-state index >= 15 is 0 Å². The van der Waals surface area contributed by atoms with E-state index in [9.17, 15) is 13.6 Å². The van der Waals surface area contributed by atoms with Gasteiger partial charge in [-0.15, -0.1) is 5.10 Å². The summed E-state index contributed by atoms with van der Waals surface area (Å²) in [4.78, 5) is 14.4. The number of halogens is 2. The van der Waals surface area contributed by atoms with Crippen LogP contribution in [0.25, 0.3) is 0 Å². The smallest absolute Gasteiger partial charge is 0.387 e. The molecule has 2 atom stereocenters. The van der Waals surface area contributed by atoms with Crippen LogP contribution in [0.1, 0.15) is 28.5 Å². The highest BCUT2D eigenvalue weighted by atomic mass is 19.3. The molecule has 0 spiro atoms. The highest BCUT2D eigenvalue weighted by Crippen LogP contribution is 2.31. The summed E-state index contributed by atoms with van der Waals surface area (Å²) < 4.78 is 36.4. The molecule has 1 saturated heterocycles. The lowest BCUT2D eigenvalue weighted by Gasteiger charge is -2.41. The van der Waals surface area contributed by atoms with Crippen LogP contribution in [0.4, 0.5) is 8.78 Å². The normalized spacial score (nSPS) is 22.4. The van der Waals surface area contributed by atoms with E-state index in [1.54, 1.807) is 11.1 Å². The van der Waals surface area contributed by atoms with Crippen molar-refractivity contribution in [1.82, 2.24) is 19.9 Å². The van der Waals surface area contributed by atoms with E-state index in [1.807, 2.05) is 4.68 Å². The zero-order valence-electron chi connectivity index (χ0n) is 13.2. The van der Waals surface area contributed by atoms with Gasteiger partial charge in [0.05, 0.1) is 30.6 Å². The first kappa shape index (κ1) is 15.9. The average molecular weight is 350 g/mol. The Hall–Kier alpha value is -2.55. The van der Waals surface area contributed by atoms with E-state index in [1.165, 1.54) is 24.3 Å². The Morgan fingerprint density at radius 2 is 2.12 bits per heavy atom. The molecule has 1 aromatic heterocycles. The highest BCUT2D eigenvalue weighted by Gasteiger charge is 2.37. The Bertz CT molecular complexity index is 765. The molecule has 1 aromatic carbocycles. The Labute approximate surface area is 142 Å². The minimum atomic E-state index is -2.88. The van der Waals surface area contributed by atoms with E-state index in [4.69, 9.17) is 4.74 Å². The van der Waals surface area contributed by atoms with Crippen LogP contribution < -0.4 is 4.74 Å². The molecule has 1 amide bonds. The fraction of sp³-hybridized carbons (Fsp3) is 0.438. The average Bonchev–Trinajstić information content (AvgIpc) is 3.10. The van der Waals surface area contributed by atoms with E-state index in [-0.39, 0.29) is 23.8 Å². The van der Waals surface area contributed by atoms with Gasteiger partial charge in [-0.05, 0) is 30.7 Å². The predicted molar refractivity (Wildman–Crippen MR) is 81.2 cm³/mol. The number of fused-ring (bicyclic) bond motifs is 3. The topological polar surface area (TPSA) is 69.5 Å². The molecule has 0 N–H and O–H groups in total. The maximum absolute atomic E-state index is 12.6. The Balaban J connectivity index is 1.44. The molecule has 2 aliphatic heterocycles. The molecule has 0 saturated carbocycles. The second kappa shape index (κ2) is 6.40. The number of carbonyl (C=O) groups is 1. The summed E-state index contributed by atoms with van der Waals surface area (Å²) in [5.74, 6) is -0.130. The standard InChI is InChI=1S/C16H16F2N4O3/c17-16(18)25-12-3-1-10(2-4-12)15(23)21-6-5-13-14(8-21)24-9-11-7-19-20-22(11)13/h1-4,7,13-14,16H,5-6,8-9H2/t13-,14-/m0/s1. The summed E-state index contributed by atoms with van der Waals surface area (Å²) >= 11 is 0. The molecule has 4 rings (SSSR count). The van der Waals surface area contributed by atoms with Crippen LogP contribution in [0, 0.1) is 0 Å². The number of hydrogen-bond acceptors (Lipinski definition) is 5. The molecule has 25 heavy (non-hydrogen) atoms. The molecule has 0 radical (unpaired) electrons. The van der Waals surface area contributed by atoms with Gasteiger partial charge in [0.25, 0.3) is 5.91 Å². The van der Waals surface area contributed by atoms with E-state index in [0.29, 0.717) is 25.3 Å². The number of hydrogen-bond donors (Lipinski definition) is 0. The number of likely N-dealkylation sites (tertiary alicyclic amines) is 1. The van der Waals surface area contributed by atoms with Crippen LogP contribution in [0.3, 0.4) is 0 Å². The SMILES string of the molecule is O=C(c1ccc(OC(F)F)cc1)N1CC[C@H]2[C@H](C1)OCc1cnnn12. The zero-order chi connectivity index (χ0) is 17.4. The molecule has 0 bridgehead atoms. The van der Waals surface area contributed by atoms with Crippen LogP contribution >= 0.6 is 0 Å². The minimum Gasteiger partial charge on any atom is -0.435 e. The molecule has 132 valence electrons. The second-order valence-electron chi connectivity index (χ2n) is 6.03. The first-order valence-corrected chi connectivity index (χ1v) is 7.96. The van der Waals surface area contributed by atoms with E-state index in [0.717, 1.165) is 12.1 Å². The zero-order valence-corrected chi connectivity index (χ0v) is 13.2. The first-order valence-electron chi connectivity index (χ1n) is 7.96. The van der Waals surface area contributed by atoms with Gasteiger partial charge in [0.1, 0.15) is 5.75 Å². The number of amides is 1. The van der Waals surface area contributed by atoms with Crippen LogP contribution in [0.2, 0.25) is 0 Å². The predicted octanol–water partition coefficient (Wildman–Crippen LogP) is 1.87. The lowest BCUT2D eigenvalue weighted by Crippen LogP contribution is -2.50. The molecule has 2 aromatic rings. The van der Waals surface area contributed by atoms with Crippen molar-refractivity contribution in [1.29, 1.82) is 0 Å². The first-order chi connectivity index (χ1) is 12.1. The van der Waals surface area contributed by atoms with Crippen LogP contribution in [0.15, 0.2) is 30.5 Å². The number of benzene rings is 1. The van der Waals surface area contributed by atoms with Crippen molar-refractivity contribution in [2.24, 2.45) is 0 Å². The fourth-order valence-electron chi connectivity index (χ4n) is 3.33. The lowest BCUT2D eigenvalue weighted by molar-refractivity contribution is -0.0627.